The molecule has 0 aliphatic carbocycles. The number of hydrogen-bond acceptors (Lipinski definition) is 5. The summed E-state index contributed by atoms with van der Waals surface area (Å²) in [7, 11) is -3.20. The Labute approximate surface area is 129 Å². The summed E-state index contributed by atoms with van der Waals surface area (Å²) in [5, 5.41) is 0. The van der Waals surface area contributed by atoms with Gasteiger partial charge in [0.25, 0.3) is 0 Å². The molecule has 116 valence electrons. The number of nitrogens with two attached hydrogens (primary N) is 1. The lowest BCUT2D eigenvalue weighted by molar-refractivity contribution is -0.0114. The van der Waals surface area contributed by atoms with Crippen molar-refractivity contribution in [3.8, 4) is 0 Å². The van der Waals surface area contributed by atoms with Crippen molar-refractivity contribution in [1.29, 1.82) is 0 Å². The SMILES string of the molecule is Nc1ccccc1SCCS(=O)(=O)N1CC2CCC(C1)O2. The van der Waals surface area contributed by atoms with Gasteiger partial charge in [-0.1, -0.05) is 12.1 Å². The summed E-state index contributed by atoms with van der Waals surface area (Å²) in [5.74, 6) is 0.661. The Morgan fingerprint density at radius 2 is 1.90 bits per heavy atom. The molecule has 2 fully saturated rings. The average Bonchev–Trinajstić information content (AvgIpc) is 2.79. The first-order valence-electron chi connectivity index (χ1n) is 7.15. The topological polar surface area (TPSA) is 72.6 Å². The van der Waals surface area contributed by atoms with Crippen LogP contribution in [0.1, 0.15) is 12.8 Å². The fourth-order valence-electron chi connectivity index (χ4n) is 2.80. The second kappa shape index (κ2) is 6.16. The Morgan fingerprint density at radius 3 is 2.57 bits per heavy atom. The molecule has 0 aromatic heterocycles. The van der Waals surface area contributed by atoms with E-state index in [0.717, 1.165) is 17.7 Å². The molecule has 2 heterocycles. The fraction of sp³-hybridized carbons (Fsp3) is 0.571. The molecule has 2 N–H and O–H groups in total. The molecule has 2 unspecified atom stereocenters. The van der Waals surface area contributed by atoms with Crippen LogP contribution in [0.5, 0.6) is 0 Å². The maximum Gasteiger partial charge on any atom is 0.215 e. The maximum absolute atomic E-state index is 12.4. The van der Waals surface area contributed by atoms with E-state index in [0.29, 0.717) is 24.5 Å². The molecule has 0 spiro atoms. The summed E-state index contributed by atoms with van der Waals surface area (Å²) in [6, 6.07) is 7.53. The van der Waals surface area contributed by atoms with Crippen molar-refractivity contribution in [2.45, 2.75) is 29.9 Å². The van der Waals surface area contributed by atoms with E-state index in [9.17, 15) is 8.42 Å². The fourth-order valence-corrected chi connectivity index (χ4v) is 5.65. The van der Waals surface area contributed by atoms with Crippen LogP contribution >= 0.6 is 11.8 Å². The monoisotopic (exact) mass is 328 g/mol. The number of ether oxygens (including phenoxy) is 1. The third kappa shape index (κ3) is 3.53. The number of thioether (sulfide) groups is 1. The number of nitrogens with zero attached hydrogens (tertiary/aromatic N) is 1. The minimum Gasteiger partial charge on any atom is -0.398 e. The van der Waals surface area contributed by atoms with E-state index < -0.39 is 10.0 Å². The van der Waals surface area contributed by atoms with E-state index in [1.165, 1.54) is 11.8 Å². The molecule has 2 aliphatic heterocycles. The number of sulfonamides is 1. The van der Waals surface area contributed by atoms with E-state index in [1.54, 1.807) is 4.31 Å². The van der Waals surface area contributed by atoms with Gasteiger partial charge in [0.2, 0.25) is 10.0 Å². The summed E-state index contributed by atoms with van der Waals surface area (Å²) in [5.41, 5.74) is 6.56. The highest BCUT2D eigenvalue weighted by Gasteiger charge is 2.38. The molecule has 2 aliphatic rings. The molecule has 0 amide bonds. The number of para-hydroxylation sites is 1. The molecule has 3 rings (SSSR count). The van der Waals surface area contributed by atoms with Gasteiger partial charge < -0.3 is 10.5 Å². The van der Waals surface area contributed by atoms with Crippen LogP contribution in [-0.2, 0) is 14.8 Å². The van der Waals surface area contributed by atoms with Gasteiger partial charge in [-0.05, 0) is 25.0 Å². The van der Waals surface area contributed by atoms with Crippen LogP contribution in [0, 0.1) is 0 Å². The second-order valence-corrected chi connectivity index (χ2v) is 8.70. The van der Waals surface area contributed by atoms with Crippen LogP contribution in [-0.4, -0.2) is 49.5 Å². The second-order valence-electron chi connectivity index (χ2n) is 5.48. The number of benzene rings is 1. The van der Waals surface area contributed by atoms with Crippen molar-refractivity contribution < 1.29 is 13.2 Å². The van der Waals surface area contributed by atoms with Gasteiger partial charge in [-0.25, -0.2) is 8.42 Å². The van der Waals surface area contributed by atoms with E-state index in [2.05, 4.69) is 0 Å². The molecule has 5 nitrogen and oxygen atoms in total. The molecular formula is C14H20N2O3S2. The highest BCUT2D eigenvalue weighted by molar-refractivity contribution is 8.00. The van der Waals surface area contributed by atoms with Crippen LogP contribution < -0.4 is 5.73 Å². The minimum absolute atomic E-state index is 0.0935. The standard InChI is InChI=1S/C14H20N2O3S2/c15-13-3-1-2-4-14(13)20-7-8-21(17,18)16-9-11-5-6-12(10-16)19-11/h1-4,11-12H,5-10,15H2. The van der Waals surface area contributed by atoms with E-state index in [1.807, 2.05) is 24.3 Å². The van der Waals surface area contributed by atoms with Crippen LogP contribution in [0.2, 0.25) is 0 Å². The normalized spacial score (nSPS) is 26.1. The van der Waals surface area contributed by atoms with Crippen LogP contribution in [0.3, 0.4) is 0 Å². The van der Waals surface area contributed by atoms with Crippen molar-refractivity contribution in [2.24, 2.45) is 0 Å². The highest BCUT2D eigenvalue weighted by atomic mass is 32.2. The highest BCUT2D eigenvalue weighted by Crippen LogP contribution is 2.29. The lowest BCUT2D eigenvalue weighted by Gasteiger charge is -2.31. The van der Waals surface area contributed by atoms with Crippen molar-refractivity contribution in [1.82, 2.24) is 4.31 Å². The number of morpholine rings is 1. The van der Waals surface area contributed by atoms with E-state index in [4.69, 9.17) is 10.5 Å². The van der Waals surface area contributed by atoms with Crippen LogP contribution in [0.4, 0.5) is 5.69 Å². The van der Waals surface area contributed by atoms with Gasteiger partial charge in [-0.2, -0.15) is 4.31 Å². The predicted octanol–water partition coefficient (Wildman–Crippen LogP) is 1.55. The number of hydrogen-bond donors (Lipinski definition) is 1. The quantitative estimate of drug-likeness (QED) is 0.656. The summed E-state index contributed by atoms with van der Waals surface area (Å²) >= 11 is 1.49. The van der Waals surface area contributed by atoms with Crippen molar-refractivity contribution in [3.05, 3.63) is 24.3 Å². The number of anilines is 1. The van der Waals surface area contributed by atoms with Gasteiger partial charge in [-0.15, -0.1) is 11.8 Å². The Balaban J connectivity index is 1.56. The lowest BCUT2D eigenvalue weighted by Crippen LogP contribution is -2.46. The molecule has 2 atom stereocenters. The predicted molar refractivity (Wildman–Crippen MR) is 84.8 cm³/mol. The Kier molecular flexibility index (Phi) is 4.44. The van der Waals surface area contributed by atoms with Gasteiger partial charge in [-0.3, -0.25) is 0 Å². The molecule has 2 saturated heterocycles. The average molecular weight is 328 g/mol. The number of rotatable bonds is 5. The van der Waals surface area contributed by atoms with Crippen molar-refractivity contribution in [2.75, 3.05) is 30.3 Å². The summed E-state index contributed by atoms with van der Waals surface area (Å²) in [6.07, 6.45) is 2.14. The third-order valence-corrected chi connectivity index (χ3v) is 7.08. The first-order chi connectivity index (χ1) is 10.0. The zero-order valence-electron chi connectivity index (χ0n) is 11.8. The zero-order valence-corrected chi connectivity index (χ0v) is 13.4. The van der Waals surface area contributed by atoms with Gasteiger partial charge in [0, 0.05) is 29.4 Å². The number of nitrogen functional groups attached to an aromatic ring is 1. The van der Waals surface area contributed by atoms with Crippen LogP contribution in [0.25, 0.3) is 0 Å². The Morgan fingerprint density at radius 1 is 1.24 bits per heavy atom. The smallest absolute Gasteiger partial charge is 0.215 e. The zero-order chi connectivity index (χ0) is 14.9. The molecule has 7 heteroatoms. The van der Waals surface area contributed by atoms with Crippen molar-refractivity contribution in [3.63, 3.8) is 0 Å². The third-order valence-electron chi connectivity index (χ3n) is 3.92. The van der Waals surface area contributed by atoms with E-state index in [-0.39, 0.29) is 18.0 Å². The first kappa shape index (κ1) is 15.1. The molecule has 1 aromatic carbocycles. The minimum atomic E-state index is -3.20. The maximum atomic E-state index is 12.4. The van der Waals surface area contributed by atoms with Gasteiger partial charge in [0.1, 0.15) is 0 Å². The lowest BCUT2D eigenvalue weighted by atomic mass is 10.2. The van der Waals surface area contributed by atoms with Crippen LogP contribution in [0.15, 0.2) is 29.2 Å². The van der Waals surface area contributed by atoms with Gasteiger partial charge in [0.15, 0.2) is 0 Å². The Bertz CT molecular complexity index is 594. The van der Waals surface area contributed by atoms with Crippen molar-refractivity contribution >= 4 is 27.5 Å². The van der Waals surface area contributed by atoms with E-state index >= 15 is 0 Å². The van der Waals surface area contributed by atoms with Gasteiger partial charge in [0.05, 0.1) is 18.0 Å². The van der Waals surface area contributed by atoms with Gasteiger partial charge >= 0.3 is 0 Å². The summed E-state index contributed by atoms with van der Waals surface area (Å²) < 4.78 is 32.1. The first-order valence-corrected chi connectivity index (χ1v) is 9.75. The Hall–Kier alpha value is -0.760. The summed E-state index contributed by atoms with van der Waals surface area (Å²) in [6.45, 7) is 1.02. The molecule has 0 saturated carbocycles. The summed E-state index contributed by atoms with van der Waals surface area (Å²) in [4.78, 5) is 0.940. The number of fused-ring (bicyclic) bond motifs is 2. The molecular weight excluding hydrogens is 308 g/mol. The molecule has 0 radical (unpaired) electrons. The largest absolute Gasteiger partial charge is 0.398 e. The molecule has 2 bridgehead atoms. The molecule has 21 heavy (non-hydrogen) atoms. The molecule has 1 aromatic rings.